The second kappa shape index (κ2) is 7.67. The number of benzene rings is 2. The van der Waals surface area contributed by atoms with E-state index in [1.807, 2.05) is 67.7 Å². The third-order valence-corrected chi connectivity index (χ3v) is 5.05. The molecule has 27 heavy (non-hydrogen) atoms. The van der Waals surface area contributed by atoms with Crippen LogP contribution in [0.15, 0.2) is 70.4 Å². The van der Waals surface area contributed by atoms with Gasteiger partial charge in [0.2, 0.25) is 5.91 Å². The van der Waals surface area contributed by atoms with Crippen LogP contribution in [0, 0.1) is 0 Å². The van der Waals surface area contributed by atoms with Crippen molar-refractivity contribution in [2.75, 3.05) is 5.75 Å². The summed E-state index contributed by atoms with van der Waals surface area (Å²) in [5, 5.41) is 12.5. The summed E-state index contributed by atoms with van der Waals surface area (Å²) in [5.41, 5.74) is 2.93. The second-order valence-electron chi connectivity index (χ2n) is 6.11. The molecule has 136 valence electrons. The minimum absolute atomic E-state index is 0.0521. The van der Waals surface area contributed by atoms with Gasteiger partial charge in [-0.2, -0.15) is 0 Å². The summed E-state index contributed by atoms with van der Waals surface area (Å²) < 4.78 is 5.72. The average molecular weight is 378 g/mol. The van der Waals surface area contributed by atoms with E-state index < -0.39 is 0 Å². The minimum Gasteiger partial charge on any atom is -0.411 e. The molecule has 0 saturated heterocycles. The molecule has 4 aromatic rings. The number of fused-ring (bicyclic) bond motifs is 1. The van der Waals surface area contributed by atoms with Crippen LogP contribution >= 0.6 is 11.8 Å². The van der Waals surface area contributed by atoms with Gasteiger partial charge in [-0.05, 0) is 18.6 Å². The number of hydrogen-bond donors (Lipinski definition) is 2. The SMILES string of the molecule is CC(NC(=O)CSc1nnc(-c2c[nH]c3ccccc23)o1)c1ccccc1. The van der Waals surface area contributed by atoms with Gasteiger partial charge in [0.25, 0.3) is 11.1 Å². The number of nitrogens with zero attached hydrogens (tertiary/aromatic N) is 2. The second-order valence-corrected chi connectivity index (χ2v) is 7.04. The van der Waals surface area contributed by atoms with Crippen molar-refractivity contribution in [3.63, 3.8) is 0 Å². The van der Waals surface area contributed by atoms with Crippen LogP contribution in [0.25, 0.3) is 22.4 Å². The molecular weight excluding hydrogens is 360 g/mol. The molecule has 1 unspecified atom stereocenters. The first kappa shape index (κ1) is 17.4. The molecule has 2 N–H and O–H groups in total. The van der Waals surface area contributed by atoms with Crippen molar-refractivity contribution in [2.45, 2.75) is 18.2 Å². The number of thioether (sulfide) groups is 1. The summed E-state index contributed by atoms with van der Waals surface area (Å²) >= 11 is 1.23. The third kappa shape index (κ3) is 3.88. The predicted molar refractivity (Wildman–Crippen MR) is 105 cm³/mol. The summed E-state index contributed by atoms with van der Waals surface area (Å²) in [6, 6.07) is 17.7. The van der Waals surface area contributed by atoms with Crippen LogP contribution in [0.1, 0.15) is 18.5 Å². The summed E-state index contributed by atoms with van der Waals surface area (Å²) in [5.74, 6) is 0.573. The zero-order chi connectivity index (χ0) is 18.6. The predicted octanol–water partition coefficient (Wildman–Crippen LogP) is 4.19. The number of aromatic nitrogens is 3. The van der Waals surface area contributed by atoms with Gasteiger partial charge in [-0.25, -0.2) is 0 Å². The Morgan fingerprint density at radius 3 is 2.78 bits per heavy atom. The number of H-pyrrole nitrogens is 1. The topological polar surface area (TPSA) is 83.8 Å². The van der Waals surface area contributed by atoms with E-state index in [1.54, 1.807) is 0 Å². The standard InChI is InChI=1S/C20H18N4O2S/c1-13(14-7-3-2-4-8-14)22-18(25)12-27-20-24-23-19(26-20)16-11-21-17-10-6-5-9-15(16)17/h2-11,13,21H,12H2,1H3,(H,22,25). The molecule has 1 amide bonds. The van der Waals surface area contributed by atoms with Crippen LogP contribution in [-0.2, 0) is 4.79 Å². The Labute approximate surface area is 160 Å². The van der Waals surface area contributed by atoms with E-state index in [9.17, 15) is 4.79 Å². The van der Waals surface area contributed by atoms with Crippen molar-refractivity contribution in [3.05, 3.63) is 66.4 Å². The molecule has 0 bridgehead atoms. The van der Waals surface area contributed by atoms with E-state index in [4.69, 9.17) is 4.42 Å². The number of carbonyl (C=O) groups excluding carboxylic acids is 1. The minimum atomic E-state index is -0.0804. The summed E-state index contributed by atoms with van der Waals surface area (Å²) in [6.45, 7) is 1.96. The summed E-state index contributed by atoms with van der Waals surface area (Å²) in [6.07, 6.45) is 1.85. The number of hydrogen-bond acceptors (Lipinski definition) is 5. The van der Waals surface area contributed by atoms with E-state index >= 15 is 0 Å². The fraction of sp³-hybridized carbons (Fsp3) is 0.150. The van der Waals surface area contributed by atoms with Gasteiger partial charge >= 0.3 is 0 Å². The largest absolute Gasteiger partial charge is 0.411 e. The molecule has 2 aromatic carbocycles. The first-order valence-electron chi connectivity index (χ1n) is 8.58. The third-order valence-electron chi connectivity index (χ3n) is 4.23. The normalized spacial score (nSPS) is 12.2. The Kier molecular flexibility index (Phi) is 4.93. The maximum Gasteiger partial charge on any atom is 0.277 e. The van der Waals surface area contributed by atoms with Crippen LogP contribution in [0.3, 0.4) is 0 Å². The van der Waals surface area contributed by atoms with Crippen LogP contribution in [0.5, 0.6) is 0 Å². The molecule has 4 rings (SSSR count). The van der Waals surface area contributed by atoms with Gasteiger partial charge in [0.15, 0.2) is 0 Å². The smallest absolute Gasteiger partial charge is 0.277 e. The Hall–Kier alpha value is -3.06. The van der Waals surface area contributed by atoms with Crippen molar-refractivity contribution in [1.29, 1.82) is 0 Å². The van der Waals surface area contributed by atoms with Crippen LogP contribution in [0.4, 0.5) is 0 Å². The molecule has 0 aliphatic heterocycles. The van der Waals surface area contributed by atoms with E-state index in [2.05, 4.69) is 20.5 Å². The Morgan fingerprint density at radius 2 is 1.93 bits per heavy atom. The molecule has 6 nitrogen and oxygen atoms in total. The van der Waals surface area contributed by atoms with Gasteiger partial charge in [-0.3, -0.25) is 4.79 Å². The highest BCUT2D eigenvalue weighted by molar-refractivity contribution is 7.99. The lowest BCUT2D eigenvalue weighted by Gasteiger charge is -2.13. The molecule has 0 fully saturated rings. The quantitative estimate of drug-likeness (QED) is 0.492. The lowest BCUT2D eigenvalue weighted by Crippen LogP contribution is -2.28. The molecule has 2 aromatic heterocycles. The van der Waals surface area contributed by atoms with Crippen molar-refractivity contribution < 1.29 is 9.21 Å². The van der Waals surface area contributed by atoms with Gasteiger partial charge in [0.1, 0.15) is 0 Å². The van der Waals surface area contributed by atoms with Crippen molar-refractivity contribution >= 4 is 28.6 Å². The molecule has 1 atom stereocenters. The molecule has 2 heterocycles. The highest BCUT2D eigenvalue weighted by atomic mass is 32.2. The zero-order valence-corrected chi connectivity index (χ0v) is 15.5. The number of nitrogens with one attached hydrogen (secondary N) is 2. The Bertz CT molecular complexity index is 1060. The average Bonchev–Trinajstić information content (AvgIpc) is 3.33. The Balaban J connectivity index is 1.38. The maximum atomic E-state index is 12.2. The molecule has 0 radical (unpaired) electrons. The van der Waals surface area contributed by atoms with Gasteiger partial charge in [0, 0.05) is 17.1 Å². The molecule has 0 aliphatic rings. The van der Waals surface area contributed by atoms with Crippen molar-refractivity contribution in [2.24, 2.45) is 0 Å². The number of amides is 1. The van der Waals surface area contributed by atoms with Crippen LogP contribution in [-0.4, -0.2) is 26.8 Å². The van der Waals surface area contributed by atoms with Gasteiger partial charge in [0.05, 0.1) is 17.4 Å². The maximum absolute atomic E-state index is 12.2. The zero-order valence-electron chi connectivity index (χ0n) is 14.7. The van der Waals surface area contributed by atoms with Gasteiger partial charge in [-0.1, -0.05) is 60.3 Å². The number of aromatic amines is 1. The van der Waals surface area contributed by atoms with Crippen LogP contribution in [0.2, 0.25) is 0 Å². The molecular formula is C20H18N4O2S. The highest BCUT2D eigenvalue weighted by Gasteiger charge is 2.15. The van der Waals surface area contributed by atoms with Gasteiger partial charge in [-0.15, -0.1) is 10.2 Å². The number of para-hydroxylation sites is 1. The van der Waals surface area contributed by atoms with Crippen LogP contribution < -0.4 is 5.32 Å². The first-order valence-corrected chi connectivity index (χ1v) is 9.56. The fourth-order valence-corrected chi connectivity index (χ4v) is 3.44. The van der Waals surface area contributed by atoms with E-state index in [1.165, 1.54) is 11.8 Å². The summed E-state index contributed by atoms with van der Waals surface area (Å²) in [7, 11) is 0. The fourth-order valence-electron chi connectivity index (χ4n) is 2.86. The first-order chi connectivity index (χ1) is 13.2. The highest BCUT2D eigenvalue weighted by Crippen LogP contribution is 2.29. The van der Waals surface area contributed by atoms with E-state index in [0.717, 1.165) is 22.0 Å². The van der Waals surface area contributed by atoms with E-state index in [0.29, 0.717) is 11.1 Å². The Morgan fingerprint density at radius 1 is 1.15 bits per heavy atom. The number of rotatable bonds is 6. The van der Waals surface area contributed by atoms with E-state index in [-0.39, 0.29) is 17.7 Å². The van der Waals surface area contributed by atoms with Gasteiger partial charge < -0.3 is 14.7 Å². The molecule has 0 aliphatic carbocycles. The molecule has 0 spiro atoms. The van der Waals surface area contributed by atoms with Crippen molar-refractivity contribution in [3.8, 4) is 11.5 Å². The molecule has 7 heteroatoms. The lowest BCUT2D eigenvalue weighted by molar-refractivity contribution is -0.119. The lowest BCUT2D eigenvalue weighted by atomic mass is 10.1. The summed E-state index contributed by atoms with van der Waals surface area (Å²) in [4.78, 5) is 15.4. The van der Waals surface area contributed by atoms with Crippen molar-refractivity contribution in [1.82, 2.24) is 20.5 Å². The number of carbonyl (C=O) groups is 1. The molecule has 0 saturated carbocycles. The monoisotopic (exact) mass is 378 g/mol.